The Morgan fingerprint density at radius 2 is 1.20 bits per heavy atom. The molecule has 0 saturated heterocycles. The highest BCUT2D eigenvalue weighted by molar-refractivity contribution is 5.71. The molecule has 216 valence electrons. The Balaban J connectivity index is 1.36. The lowest BCUT2D eigenvalue weighted by Gasteiger charge is -2.29. The molecule has 0 nitrogen and oxygen atoms in total. The molecule has 0 heterocycles. The van der Waals surface area contributed by atoms with Crippen LogP contribution in [0.15, 0.2) is 54.6 Å². The van der Waals surface area contributed by atoms with E-state index in [-0.39, 0.29) is 11.4 Å². The third-order valence-corrected chi connectivity index (χ3v) is 9.00. The molecule has 0 aromatic heterocycles. The topological polar surface area (TPSA) is 0 Å². The lowest BCUT2D eigenvalue weighted by molar-refractivity contribution is 0.301. The van der Waals surface area contributed by atoms with Gasteiger partial charge < -0.3 is 0 Å². The van der Waals surface area contributed by atoms with Gasteiger partial charge in [-0.3, -0.25) is 0 Å². The summed E-state index contributed by atoms with van der Waals surface area (Å²) in [6.45, 7) is 4.39. The molecular formula is C37H47F3. The van der Waals surface area contributed by atoms with Crippen molar-refractivity contribution in [1.82, 2.24) is 0 Å². The summed E-state index contributed by atoms with van der Waals surface area (Å²) in [5.74, 6) is -0.494. The monoisotopic (exact) mass is 548 g/mol. The number of benzene rings is 3. The third kappa shape index (κ3) is 8.02. The van der Waals surface area contributed by atoms with Crippen LogP contribution in [-0.4, -0.2) is 0 Å². The molecule has 1 aliphatic carbocycles. The van der Waals surface area contributed by atoms with Crippen LogP contribution in [0, 0.1) is 23.4 Å². The quantitative estimate of drug-likeness (QED) is 0.176. The van der Waals surface area contributed by atoms with Gasteiger partial charge in [-0.05, 0) is 78.7 Å². The van der Waals surface area contributed by atoms with Crippen molar-refractivity contribution in [2.75, 3.05) is 0 Å². The summed E-state index contributed by atoms with van der Waals surface area (Å²) in [6, 6.07) is 16.2. The minimum atomic E-state index is -0.803. The number of unbranched alkanes of at least 4 members (excludes halogenated alkanes) is 7. The first-order valence-corrected chi connectivity index (χ1v) is 15.9. The average molecular weight is 549 g/mol. The highest BCUT2D eigenvalue weighted by Gasteiger charge is 2.23. The van der Waals surface area contributed by atoms with Crippen molar-refractivity contribution in [2.24, 2.45) is 5.92 Å². The third-order valence-electron chi connectivity index (χ3n) is 9.00. The molecule has 0 amide bonds. The van der Waals surface area contributed by atoms with Crippen molar-refractivity contribution in [2.45, 2.75) is 116 Å². The maximum Gasteiger partial charge on any atom is 0.166 e. The van der Waals surface area contributed by atoms with Crippen LogP contribution in [0.5, 0.6) is 0 Å². The normalized spacial score (nSPS) is 17.3. The number of rotatable bonds is 14. The summed E-state index contributed by atoms with van der Waals surface area (Å²) < 4.78 is 44.9. The average Bonchev–Trinajstić information content (AvgIpc) is 2.98. The minimum absolute atomic E-state index is 0.215. The summed E-state index contributed by atoms with van der Waals surface area (Å²) in [7, 11) is 0. The van der Waals surface area contributed by atoms with Crippen LogP contribution in [-0.2, 0) is 6.42 Å². The Bertz CT molecular complexity index is 1190. The predicted octanol–water partition coefficient (Wildman–Crippen LogP) is 12.2. The van der Waals surface area contributed by atoms with Gasteiger partial charge in [0.1, 0.15) is 5.82 Å². The first-order valence-electron chi connectivity index (χ1n) is 15.9. The van der Waals surface area contributed by atoms with E-state index in [1.54, 1.807) is 42.5 Å². The molecule has 1 fully saturated rings. The van der Waals surface area contributed by atoms with Gasteiger partial charge in [0.15, 0.2) is 11.6 Å². The minimum Gasteiger partial charge on any atom is -0.206 e. The van der Waals surface area contributed by atoms with Crippen molar-refractivity contribution in [3.8, 4) is 22.3 Å². The zero-order chi connectivity index (χ0) is 28.3. The highest BCUT2D eigenvalue weighted by atomic mass is 19.2. The van der Waals surface area contributed by atoms with Gasteiger partial charge in [-0.2, -0.15) is 0 Å². The second-order valence-corrected chi connectivity index (χ2v) is 11.9. The standard InChI is InChI=1S/C37H47F3/c1-3-5-7-9-10-12-27-14-16-28(17-15-27)32-23-24-33(35(38)26-32)29-18-20-30(21-19-29)34-25-22-31(36(39)37(34)40)13-11-8-6-4-2/h18-28H,3-17H2,1-2H3. The molecule has 3 aromatic rings. The Morgan fingerprint density at radius 1 is 0.600 bits per heavy atom. The van der Waals surface area contributed by atoms with Gasteiger partial charge in [-0.25, -0.2) is 13.2 Å². The highest BCUT2D eigenvalue weighted by Crippen LogP contribution is 2.39. The van der Waals surface area contributed by atoms with Crippen molar-refractivity contribution >= 4 is 0 Å². The number of hydrogen-bond acceptors (Lipinski definition) is 0. The Morgan fingerprint density at radius 3 is 1.85 bits per heavy atom. The Labute approximate surface area is 240 Å². The van der Waals surface area contributed by atoms with Gasteiger partial charge in [0.05, 0.1) is 0 Å². The fourth-order valence-corrected chi connectivity index (χ4v) is 6.42. The first-order chi connectivity index (χ1) is 19.5. The maximum atomic E-state index is 15.3. The second kappa shape index (κ2) is 15.5. The van der Waals surface area contributed by atoms with Gasteiger partial charge in [0.25, 0.3) is 0 Å². The molecule has 1 aliphatic rings. The van der Waals surface area contributed by atoms with Gasteiger partial charge in [-0.15, -0.1) is 0 Å². The van der Waals surface area contributed by atoms with Crippen LogP contribution < -0.4 is 0 Å². The SMILES string of the molecule is CCCCCCCC1CCC(c2ccc(-c3ccc(-c4ccc(CCCCCC)c(F)c4F)cc3)c(F)c2)CC1. The number of halogens is 3. The van der Waals surface area contributed by atoms with E-state index >= 15 is 4.39 Å². The lowest BCUT2D eigenvalue weighted by Crippen LogP contribution is -2.13. The Hall–Kier alpha value is -2.55. The van der Waals surface area contributed by atoms with Gasteiger partial charge in [-0.1, -0.05) is 120 Å². The molecule has 3 heteroatoms. The van der Waals surface area contributed by atoms with Crippen LogP contribution in [0.2, 0.25) is 0 Å². The molecule has 0 atom stereocenters. The van der Waals surface area contributed by atoms with E-state index in [4.69, 9.17) is 0 Å². The summed E-state index contributed by atoms with van der Waals surface area (Å²) in [5, 5.41) is 0. The Kier molecular flexibility index (Phi) is 11.7. The van der Waals surface area contributed by atoms with Crippen LogP contribution in [0.1, 0.15) is 121 Å². The first kappa shape index (κ1) is 30.4. The van der Waals surface area contributed by atoms with E-state index in [1.165, 1.54) is 51.4 Å². The summed E-state index contributed by atoms with van der Waals surface area (Å²) in [5.41, 5.74) is 3.67. The summed E-state index contributed by atoms with van der Waals surface area (Å²) in [4.78, 5) is 0. The smallest absolute Gasteiger partial charge is 0.166 e. The summed E-state index contributed by atoms with van der Waals surface area (Å²) in [6.07, 6.45) is 17.5. The molecule has 3 aromatic carbocycles. The maximum absolute atomic E-state index is 15.3. The van der Waals surface area contributed by atoms with E-state index in [2.05, 4.69) is 19.9 Å². The van der Waals surface area contributed by atoms with Gasteiger partial charge in [0.2, 0.25) is 0 Å². The molecule has 4 rings (SSSR count). The molecule has 0 bridgehead atoms. The zero-order valence-corrected chi connectivity index (χ0v) is 24.6. The fraction of sp³-hybridized carbons (Fsp3) is 0.514. The van der Waals surface area contributed by atoms with E-state index in [0.717, 1.165) is 55.6 Å². The van der Waals surface area contributed by atoms with E-state index in [0.29, 0.717) is 29.0 Å². The second-order valence-electron chi connectivity index (χ2n) is 11.9. The van der Waals surface area contributed by atoms with Crippen molar-refractivity contribution in [3.05, 3.63) is 83.2 Å². The molecule has 0 radical (unpaired) electrons. The lowest BCUT2D eigenvalue weighted by atomic mass is 9.77. The van der Waals surface area contributed by atoms with E-state index in [9.17, 15) is 8.78 Å². The largest absolute Gasteiger partial charge is 0.206 e. The van der Waals surface area contributed by atoms with E-state index < -0.39 is 11.6 Å². The van der Waals surface area contributed by atoms with Crippen LogP contribution in [0.25, 0.3) is 22.3 Å². The van der Waals surface area contributed by atoms with Crippen molar-refractivity contribution in [1.29, 1.82) is 0 Å². The molecule has 0 N–H and O–H groups in total. The van der Waals surface area contributed by atoms with Crippen LogP contribution in [0.4, 0.5) is 13.2 Å². The van der Waals surface area contributed by atoms with Crippen LogP contribution in [0.3, 0.4) is 0 Å². The van der Waals surface area contributed by atoms with E-state index in [1.807, 2.05) is 6.07 Å². The molecular weight excluding hydrogens is 501 g/mol. The van der Waals surface area contributed by atoms with Gasteiger partial charge in [0, 0.05) is 11.1 Å². The number of aryl methyl sites for hydroxylation is 1. The molecule has 0 aliphatic heterocycles. The van der Waals surface area contributed by atoms with Crippen LogP contribution >= 0.6 is 0 Å². The molecule has 1 saturated carbocycles. The fourth-order valence-electron chi connectivity index (χ4n) is 6.42. The summed E-state index contributed by atoms with van der Waals surface area (Å²) >= 11 is 0. The van der Waals surface area contributed by atoms with Gasteiger partial charge >= 0.3 is 0 Å². The molecule has 0 spiro atoms. The zero-order valence-electron chi connectivity index (χ0n) is 24.6. The number of hydrogen-bond donors (Lipinski definition) is 0. The molecule has 0 unspecified atom stereocenters. The molecule has 40 heavy (non-hydrogen) atoms. The van der Waals surface area contributed by atoms with Crippen molar-refractivity contribution in [3.63, 3.8) is 0 Å². The van der Waals surface area contributed by atoms with Crippen molar-refractivity contribution < 1.29 is 13.2 Å². The predicted molar refractivity (Wildman–Crippen MR) is 163 cm³/mol.